The summed E-state index contributed by atoms with van der Waals surface area (Å²) >= 11 is 0. The van der Waals surface area contributed by atoms with E-state index in [9.17, 15) is 4.79 Å². The minimum atomic E-state index is 0.0279. The molecule has 0 saturated carbocycles. The van der Waals surface area contributed by atoms with E-state index in [1.165, 1.54) is 5.56 Å². The maximum Gasteiger partial charge on any atom is 0.255 e. The lowest BCUT2D eigenvalue weighted by atomic mass is 10.0. The van der Waals surface area contributed by atoms with E-state index in [1.807, 2.05) is 36.5 Å². The summed E-state index contributed by atoms with van der Waals surface area (Å²) in [6.45, 7) is 6.79. The maximum atomic E-state index is 13.2. The van der Waals surface area contributed by atoms with Gasteiger partial charge in [-0.25, -0.2) is 4.98 Å². The molecule has 1 amide bonds. The van der Waals surface area contributed by atoms with E-state index >= 15 is 0 Å². The molecule has 1 atom stereocenters. The van der Waals surface area contributed by atoms with Crippen molar-refractivity contribution in [2.75, 3.05) is 6.54 Å². The highest BCUT2D eigenvalue weighted by atomic mass is 16.2. The summed E-state index contributed by atoms with van der Waals surface area (Å²) in [6.07, 6.45) is 3.60. The molecule has 0 unspecified atom stereocenters. The van der Waals surface area contributed by atoms with Gasteiger partial charge >= 0.3 is 0 Å². The Morgan fingerprint density at radius 1 is 1.32 bits per heavy atom. The number of H-pyrrole nitrogens is 1. The number of aryl methyl sites for hydroxylation is 3. The summed E-state index contributed by atoms with van der Waals surface area (Å²) < 4.78 is 1.90. The van der Waals surface area contributed by atoms with Gasteiger partial charge in [-0.3, -0.25) is 14.6 Å². The second-order valence-electron chi connectivity index (χ2n) is 6.81. The lowest BCUT2D eigenvalue weighted by molar-refractivity contribution is 0.0735. The minimum absolute atomic E-state index is 0.0279. The Balaban J connectivity index is 1.71. The molecule has 1 saturated heterocycles. The first kappa shape index (κ1) is 15.8. The Bertz CT molecular complexity index is 970. The molecule has 4 rings (SSSR count). The molecule has 3 aromatic heterocycles. The van der Waals surface area contributed by atoms with Crippen LogP contribution in [0.15, 0.2) is 12.3 Å². The van der Waals surface area contributed by atoms with E-state index in [0.29, 0.717) is 11.2 Å². The second kappa shape index (κ2) is 5.68. The topological polar surface area (TPSA) is 79.7 Å². The van der Waals surface area contributed by atoms with Gasteiger partial charge in [0.2, 0.25) is 0 Å². The molecule has 0 spiro atoms. The molecule has 1 aliphatic rings. The van der Waals surface area contributed by atoms with E-state index in [0.717, 1.165) is 41.9 Å². The van der Waals surface area contributed by atoms with Crippen molar-refractivity contribution in [1.29, 1.82) is 0 Å². The number of carbonyl (C=O) groups excluding carboxylic acids is 1. The van der Waals surface area contributed by atoms with Crippen molar-refractivity contribution in [3.05, 3.63) is 40.5 Å². The number of carbonyl (C=O) groups is 1. The third-order valence-corrected chi connectivity index (χ3v) is 5.26. The molecule has 0 bridgehead atoms. The molecule has 130 valence electrons. The quantitative estimate of drug-likeness (QED) is 0.779. The van der Waals surface area contributed by atoms with Crippen LogP contribution in [-0.4, -0.2) is 42.3 Å². The molecular weight excluding hydrogens is 316 g/mol. The molecule has 7 nitrogen and oxygen atoms in total. The molecule has 4 heterocycles. The van der Waals surface area contributed by atoms with E-state index in [1.54, 1.807) is 6.20 Å². The molecule has 0 radical (unpaired) electrons. The van der Waals surface area contributed by atoms with Crippen molar-refractivity contribution in [1.82, 2.24) is 29.9 Å². The Morgan fingerprint density at radius 2 is 2.12 bits per heavy atom. The standard InChI is InChI=1S/C18H22N6O/c1-10-14-8-13(9-19-17(14)21-20-10)18(25)24-7-5-6-15(24)16-11(2)22-23(4)12(16)3/h8-9,15H,5-7H2,1-4H3,(H,19,20,21)/t15-/m0/s1. The summed E-state index contributed by atoms with van der Waals surface area (Å²) in [5, 5.41) is 12.5. The number of hydrogen-bond acceptors (Lipinski definition) is 4. The summed E-state index contributed by atoms with van der Waals surface area (Å²) in [6, 6.07) is 1.98. The molecule has 1 aliphatic heterocycles. The van der Waals surface area contributed by atoms with Crippen LogP contribution in [0.1, 0.15) is 51.9 Å². The molecule has 3 aromatic rings. The average molecular weight is 338 g/mol. The van der Waals surface area contributed by atoms with Gasteiger partial charge in [-0.05, 0) is 39.7 Å². The molecular formula is C18H22N6O. The van der Waals surface area contributed by atoms with Gasteiger partial charge in [-0.15, -0.1) is 0 Å². The zero-order chi connectivity index (χ0) is 17.7. The number of pyridine rings is 1. The molecule has 1 N–H and O–H groups in total. The SMILES string of the molecule is Cc1nn(C)c(C)c1[C@@H]1CCCN1C(=O)c1cnc2n[nH]c(C)c2c1. The number of aromatic amines is 1. The van der Waals surface area contributed by atoms with Crippen LogP contribution in [0.4, 0.5) is 0 Å². The van der Waals surface area contributed by atoms with Crippen molar-refractivity contribution < 1.29 is 4.79 Å². The van der Waals surface area contributed by atoms with Gasteiger partial charge in [0.1, 0.15) is 0 Å². The van der Waals surface area contributed by atoms with Gasteiger partial charge < -0.3 is 4.90 Å². The van der Waals surface area contributed by atoms with E-state index in [-0.39, 0.29) is 11.9 Å². The van der Waals surface area contributed by atoms with Crippen molar-refractivity contribution in [3.63, 3.8) is 0 Å². The van der Waals surface area contributed by atoms with Crippen LogP contribution >= 0.6 is 0 Å². The number of amides is 1. The molecule has 0 aliphatic carbocycles. The van der Waals surface area contributed by atoms with Crippen LogP contribution in [0.2, 0.25) is 0 Å². The number of rotatable bonds is 2. The maximum absolute atomic E-state index is 13.2. The highest BCUT2D eigenvalue weighted by Gasteiger charge is 2.34. The smallest absolute Gasteiger partial charge is 0.255 e. The summed E-state index contributed by atoms with van der Waals surface area (Å²) in [7, 11) is 1.95. The third kappa shape index (κ3) is 2.42. The predicted octanol–water partition coefficient (Wildman–Crippen LogP) is 2.59. The number of aromatic nitrogens is 5. The largest absolute Gasteiger partial charge is 0.331 e. The Labute approximate surface area is 146 Å². The number of hydrogen-bond donors (Lipinski definition) is 1. The van der Waals surface area contributed by atoms with Crippen molar-refractivity contribution in [3.8, 4) is 0 Å². The molecule has 25 heavy (non-hydrogen) atoms. The fraction of sp³-hybridized carbons (Fsp3) is 0.444. The van der Waals surface area contributed by atoms with E-state index < -0.39 is 0 Å². The van der Waals surface area contributed by atoms with Gasteiger partial charge in [0, 0.05) is 42.1 Å². The van der Waals surface area contributed by atoms with Crippen LogP contribution in [0.25, 0.3) is 11.0 Å². The van der Waals surface area contributed by atoms with Crippen molar-refractivity contribution in [2.24, 2.45) is 7.05 Å². The van der Waals surface area contributed by atoms with Gasteiger partial charge in [-0.2, -0.15) is 10.2 Å². The predicted molar refractivity (Wildman–Crippen MR) is 94.3 cm³/mol. The lowest BCUT2D eigenvalue weighted by Gasteiger charge is -2.25. The number of nitrogens with one attached hydrogen (secondary N) is 1. The molecule has 1 fully saturated rings. The fourth-order valence-electron chi connectivity index (χ4n) is 3.88. The summed E-state index contributed by atoms with van der Waals surface area (Å²) in [4.78, 5) is 19.5. The zero-order valence-corrected chi connectivity index (χ0v) is 15.0. The van der Waals surface area contributed by atoms with Gasteiger partial charge in [0.15, 0.2) is 5.65 Å². The molecule has 7 heteroatoms. The van der Waals surface area contributed by atoms with Gasteiger partial charge in [0.05, 0.1) is 17.3 Å². The van der Waals surface area contributed by atoms with Gasteiger partial charge in [-0.1, -0.05) is 0 Å². The van der Waals surface area contributed by atoms with Crippen LogP contribution < -0.4 is 0 Å². The molecule has 0 aromatic carbocycles. The average Bonchev–Trinajstić information content (AvgIpc) is 3.27. The number of nitrogens with zero attached hydrogens (tertiary/aromatic N) is 5. The first-order valence-electron chi connectivity index (χ1n) is 8.59. The lowest BCUT2D eigenvalue weighted by Crippen LogP contribution is -2.31. The monoisotopic (exact) mass is 338 g/mol. The van der Waals surface area contributed by atoms with E-state index in [4.69, 9.17) is 0 Å². The third-order valence-electron chi connectivity index (χ3n) is 5.26. The van der Waals surface area contributed by atoms with Crippen LogP contribution in [0, 0.1) is 20.8 Å². The van der Waals surface area contributed by atoms with Crippen LogP contribution in [-0.2, 0) is 7.05 Å². The van der Waals surface area contributed by atoms with Crippen molar-refractivity contribution in [2.45, 2.75) is 39.7 Å². The number of fused-ring (bicyclic) bond motifs is 1. The Hall–Kier alpha value is -2.70. The fourth-order valence-corrected chi connectivity index (χ4v) is 3.88. The van der Waals surface area contributed by atoms with E-state index in [2.05, 4.69) is 27.2 Å². The van der Waals surface area contributed by atoms with Gasteiger partial charge in [0.25, 0.3) is 5.91 Å². The zero-order valence-electron chi connectivity index (χ0n) is 15.0. The summed E-state index contributed by atoms with van der Waals surface area (Å²) in [5.41, 5.74) is 5.50. The van der Waals surface area contributed by atoms with Crippen molar-refractivity contribution >= 4 is 16.9 Å². The summed E-state index contributed by atoms with van der Waals surface area (Å²) in [5.74, 6) is 0.0279. The second-order valence-corrected chi connectivity index (χ2v) is 6.81. The first-order valence-corrected chi connectivity index (χ1v) is 8.59. The Morgan fingerprint density at radius 3 is 2.84 bits per heavy atom. The number of likely N-dealkylation sites (tertiary alicyclic amines) is 1. The minimum Gasteiger partial charge on any atom is -0.331 e. The van der Waals surface area contributed by atoms with Crippen LogP contribution in [0.5, 0.6) is 0 Å². The Kier molecular flexibility index (Phi) is 3.59. The normalized spacial score (nSPS) is 17.6. The highest BCUT2D eigenvalue weighted by Crippen LogP contribution is 2.36. The highest BCUT2D eigenvalue weighted by molar-refractivity contribution is 5.97. The first-order chi connectivity index (χ1) is 12.0. The van der Waals surface area contributed by atoms with Crippen LogP contribution in [0.3, 0.4) is 0 Å².